The molecule has 2 aromatic carbocycles. The third-order valence-corrected chi connectivity index (χ3v) is 8.60. The number of thioether (sulfide) groups is 1. The first kappa shape index (κ1) is 22.4. The predicted octanol–water partition coefficient (Wildman–Crippen LogP) is 5.67. The highest BCUT2D eigenvalue weighted by Gasteiger charge is 2.38. The minimum Gasteiger partial charge on any atom is -0.324 e. The largest absolute Gasteiger partial charge is 0.336 e. The third-order valence-electron chi connectivity index (χ3n) is 7.42. The standard InChI is InChI=1S/C27H34N4OS/c1-4-30(5-2)27(32)28-31-23-15-9-13-21-20-14-10-16-29(3)24(20)17-22(25(21)23)26(31)33-18-19-11-7-6-8-12-19/h6-9,11-13,15,20,24H,4-5,10,14,16-18H2,1-3H3,(H,28,32)/t20-,24-/m1/s1. The summed E-state index contributed by atoms with van der Waals surface area (Å²) in [5.74, 6) is 1.45. The first-order valence-electron chi connectivity index (χ1n) is 12.2. The molecule has 5 rings (SSSR count). The van der Waals surface area contributed by atoms with Gasteiger partial charge in [0.15, 0.2) is 0 Å². The number of likely N-dealkylation sites (tertiary alicyclic amines) is 1. The van der Waals surface area contributed by atoms with E-state index in [9.17, 15) is 4.79 Å². The Hall–Kier alpha value is -2.44. The van der Waals surface area contributed by atoms with E-state index in [2.05, 4.69) is 70.6 Å². The fraction of sp³-hybridized carbons (Fsp3) is 0.444. The average Bonchev–Trinajstić information content (AvgIpc) is 3.13. The lowest BCUT2D eigenvalue weighted by Gasteiger charge is -2.42. The predicted molar refractivity (Wildman–Crippen MR) is 138 cm³/mol. The van der Waals surface area contributed by atoms with Crippen molar-refractivity contribution in [3.8, 4) is 0 Å². The Morgan fingerprint density at radius 3 is 2.67 bits per heavy atom. The molecule has 2 heterocycles. The summed E-state index contributed by atoms with van der Waals surface area (Å²) < 4.78 is 2.08. The number of piperidine rings is 1. The lowest BCUT2D eigenvalue weighted by molar-refractivity contribution is 0.156. The number of hydrogen-bond acceptors (Lipinski definition) is 3. The smallest absolute Gasteiger partial charge is 0.324 e. The van der Waals surface area contributed by atoms with E-state index < -0.39 is 0 Å². The molecule has 1 saturated heterocycles. The molecule has 3 aromatic rings. The second-order valence-corrected chi connectivity index (χ2v) is 10.2. The number of fused-ring (bicyclic) bond motifs is 2. The summed E-state index contributed by atoms with van der Waals surface area (Å²) in [4.78, 5) is 17.5. The third kappa shape index (κ3) is 4.04. The van der Waals surface area contributed by atoms with Gasteiger partial charge in [-0.15, -0.1) is 11.8 Å². The van der Waals surface area contributed by atoms with Crippen molar-refractivity contribution in [3.05, 3.63) is 65.2 Å². The molecular weight excluding hydrogens is 428 g/mol. The van der Waals surface area contributed by atoms with Crippen LogP contribution in [-0.2, 0) is 12.2 Å². The van der Waals surface area contributed by atoms with Gasteiger partial charge in [-0.25, -0.2) is 14.9 Å². The van der Waals surface area contributed by atoms with Crippen molar-refractivity contribution in [2.24, 2.45) is 0 Å². The van der Waals surface area contributed by atoms with Crippen molar-refractivity contribution in [3.63, 3.8) is 0 Å². The van der Waals surface area contributed by atoms with Crippen LogP contribution in [0.3, 0.4) is 0 Å². The SMILES string of the molecule is CCN(CC)C(=O)Nn1c(SCc2ccccc2)c2c3c(cccc31)[C@H]1CCCN(C)[C@@H]1C2. The Bertz CT molecular complexity index is 1140. The molecule has 6 heteroatoms. The van der Waals surface area contributed by atoms with Crippen LogP contribution in [0.25, 0.3) is 10.9 Å². The molecule has 2 atom stereocenters. The summed E-state index contributed by atoms with van der Waals surface area (Å²) in [5.41, 5.74) is 8.55. The number of rotatable bonds is 6. The Morgan fingerprint density at radius 1 is 1.12 bits per heavy atom. The van der Waals surface area contributed by atoms with Crippen LogP contribution in [0.15, 0.2) is 53.6 Å². The molecular formula is C27H34N4OS. The number of nitrogens with one attached hydrogen (secondary N) is 1. The van der Waals surface area contributed by atoms with Gasteiger partial charge in [0.25, 0.3) is 0 Å². The van der Waals surface area contributed by atoms with Crippen LogP contribution in [0.2, 0.25) is 0 Å². The molecule has 1 aliphatic heterocycles. The summed E-state index contributed by atoms with van der Waals surface area (Å²) in [6.07, 6.45) is 3.54. The second kappa shape index (κ2) is 9.43. The van der Waals surface area contributed by atoms with E-state index >= 15 is 0 Å². The Morgan fingerprint density at radius 2 is 1.91 bits per heavy atom. The molecule has 0 unspecified atom stereocenters. The highest BCUT2D eigenvalue weighted by molar-refractivity contribution is 7.98. The van der Waals surface area contributed by atoms with Crippen molar-refractivity contribution in [2.45, 2.75) is 55.8 Å². The normalized spacial score (nSPS) is 20.0. The molecule has 0 spiro atoms. The molecule has 0 bridgehead atoms. The van der Waals surface area contributed by atoms with Crippen LogP contribution in [-0.4, -0.2) is 53.2 Å². The molecule has 0 radical (unpaired) electrons. The number of amides is 2. The maximum absolute atomic E-state index is 13.1. The highest BCUT2D eigenvalue weighted by Crippen LogP contribution is 2.47. The zero-order valence-corrected chi connectivity index (χ0v) is 20.7. The number of nitrogens with zero attached hydrogens (tertiary/aromatic N) is 3. The number of benzene rings is 2. The Labute approximate surface area is 201 Å². The lowest BCUT2D eigenvalue weighted by atomic mass is 9.75. The minimum absolute atomic E-state index is 0.0378. The molecule has 1 aromatic heterocycles. The molecule has 1 fully saturated rings. The molecule has 5 nitrogen and oxygen atoms in total. The number of urea groups is 1. The number of carbonyl (C=O) groups excluding carboxylic acids is 1. The van der Waals surface area contributed by atoms with Crippen LogP contribution >= 0.6 is 11.8 Å². The number of aromatic nitrogens is 1. The van der Waals surface area contributed by atoms with E-state index in [0.29, 0.717) is 25.0 Å². The van der Waals surface area contributed by atoms with Crippen LogP contribution < -0.4 is 5.43 Å². The van der Waals surface area contributed by atoms with E-state index in [-0.39, 0.29) is 6.03 Å². The van der Waals surface area contributed by atoms with Crippen molar-refractivity contribution in [1.82, 2.24) is 14.5 Å². The molecule has 2 aliphatic rings. The molecule has 2 amide bonds. The summed E-state index contributed by atoms with van der Waals surface area (Å²) in [6.45, 7) is 6.61. The van der Waals surface area contributed by atoms with E-state index in [0.717, 1.165) is 17.7 Å². The molecule has 0 saturated carbocycles. The van der Waals surface area contributed by atoms with Crippen LogP contribution in [0, 0.1) is 0 Å². The molecule has 1 N–H and O–H groups in total. The summed E-state index contributed by atoms with van der Waals surface area (Å²) in [7, 11) is 2.28. The van der Waals surface area contributed by atoms with Crippen molar-refractivity contribution >= 4 is 28.7 Å². The summed E-state index contributed by atoms with van der Waals surface area (Å²) in [5, 5.41) is 2.55. The Kier molecular flexibility index (Phi) is 6.39. The molecule has 174 valence electrons. The first-order valence-corrected chi connectivity index (χ1v) is 13.2. The summed E-state index contributed by atoms with van der Waals surface area (Å²) >= 11 is 1.84. The van der Waals surface area contributed by atoms with Gasteiger partial charge in [-0.1, -0.05) is 42.5 Å². The summed E-state index contributed by atoms with van der Waals surface area (Å²) in [6, 6.07) is 17.8. The lowest BCUT2D eigenvalue weighted by Crippen LogP contribution is -2.44. The number of carbonyl (C=O) groups is 1. The molecule has 33 heavy (non-hydrogen) atoms. The fourth-order valence-corrected chi connectivity index (χ4v) is 6.81. The van der Waals surface area contributed by atoms with Crippen LogP contribution in [0.1, 0.15) is 49.3 Å². The Balaban J connectivity index is 1.61. The van der Waals surface area contributed by atoms with Crippen LogP contribution in [0.4, 0.5) is 4.79 Å². The van der Waals surface area contributed by atoms with Crippen molar-refractivity contribution < 1.29 is 4.79 Å². The van der Waals surface area contributed by atoms with E-state index in [1.807, 2.05) is 30.5 Å². The quantitative estimate of drug-likeness (QED) is 0.480. The van der Waals surface area contributed by atoms with Gasteiger partial charge < -0.3 is 9.80 Å². The zero-order chi connectivity index (χ0) is 22.9. The monoisotopic (exact) mass is 462 g/mol. The topological polar surface area (TPSA) is 40.5 Å². The number of likely N-dealkylation sites (N-methyl/N-ethyl adjacent to an activating group) is 1. The van der Waals surface area contributed by atoms with Gasteiger partial charge >= 0.3 is 6.03 Å². The van der Waals surface area contributed by atoms with Crippen LogP contribution in [0.5, 0.6) is 0 Å². The van der Waals surface area contributed by atoms with Gasteiger partial charge in [0.1, 0.15) is 5.03 Å². The van der Waals surface area contributed by atoms with Gasteiger partial charge in [0.2, 0.25) is 0 Å². The fourth-order valence-electron chi connectivity index (χ4n) is 5.68. The van der Waals surface area contributed by atoms with Gasteiger partial charge in [0.05, 0.1) is 5.52 Å². The van der Waals surface area contributed by atoms with Gasteiger partial charge in [0, 0.05) is 36.2 Å². The van der Waals surface area contributed by atoms with Crippen molar-refractivity contribution in [1.29, 1.82) is 0 Å². The maximum atomic E-state index is 13.1. The van der Waals surface area contributed by atoms with E-state index in [1.165, 1.54) is 46.5 Å². The van der Waals surface area contributed by atoms with Gasteiger partial charge in [-0.3, -0.25) is 0 Å². The maximum Gasteiger partial charge on any atom is 0.336 e. The highest BCUT2D eigenvalue weighted by atomic mass is 32.2. The second-order valence-electron chi connectivity index (χ2n) is 9.22. The minimum atomic E-state index is -0.0378. The first-order chi connectivity index (χ1) is 16.1. The molecule has 1 aliphatic carbocycles. The van der Waals surface area contributed by atoms with E-state index in [1.54, 1.807) is 0 Å². The van der Waals surface area contributed by atoms with Gasteiger partial charge in [-0.2, -0.15) is 0 Å². The number of hydrogen-bond donors (Lipinski definition) is 1. The van der Waals surface area contributed by atoms with E-state index in [4.69, 9.17) is 0 Å². The zero-order valence-electron chi connectivity index (χ0n) is 19.9. The van der Waals surface area contributed by atoms with Gasteiger partial charge in [-0.05, 0) is 69.5 Å². The van der Waals surface area contributed by atoms with Crippen molar-refractivity contribution in [2.75, 3.05) is 32.1 Å². The average molecular weight is 463 g/mol.